The molecule has 0 aliphatic carbocycles. The molecule has 2 aromatic rings. The van der Waals surface area contributed by atoms with Crippen LogP contribution in [0.2, 0.25) is 0 Å². The number of hydrogen-bond acceptors (Lipinski definition) is 6. The third-order valence-electron chi connectivity index (χ3n) is 4.38. The van der Waals surface area contributed by atoms with Crippen LogP contribution in [0.15, 0.2) is 21.6 Å². The molecule has 7 nitrogen and oxygen atoms in total. The van der Waals surface area contributed by atoms with Crippen LogP contribution in [0, 0.1) is 6.92 Å². The van der Waals surface area contributed by atoms with Crippen molar-refractivity contribution in [2.24, 2.45) is 0 Å². The number of nitrogens with zero attached hydrogens (tertiary/aromatic N) is 3. The molecule has 0 spiro atoms. The SMILES string of the molecule is Cc1cscc1C(=O)N1CC[C@@H](N(C)Cc2cc(=O)[nH]c(N)n2)C1. The molecule has 1 fully saturated rings. The van der Waals surface area contributed by atoms with E-state index in [4.69, 9.17) is 5.73 Å². The fourth-order valence-corrected chi connectivity index (χ4v) is 3.85. The second kappa shape index (κ2) is 6.74. The molecule has 0 radical (unpaired) electrons. The predicted molar refractivity (Wildman–Crippen MR) is 94.1 cm³/mol. The lowest BCUT2D eigenvalue weighted by Gasteiger charge is -2.24. The highest BCUT2D eigenvalue weighted by molar-refractivity contribution is 7.08. The summed E-state index contributed by atoms with van der Waals surface area (Å²) in [5, 5.41) is 3.91. The molecule has 1 saturated heterocycles. The monoisotopic (exact) mass is 347 g/mol. The van der Waals surface area contributed by atoms with Crippen LogP contribution in [-0.4, -0.2) is 51.9 Å². The summed E-state index contributed by atoms with van der Waals surface area (Å²) in [4.78, 5) is 34.7. The highest BCUT2D eigenvalue weighted by Gasteiger charge is 2.30. The number of hydrogen-bond donors (Lipinski definition) is 2. The van der Waals surface area contributed by atoms with Gasteiger partial charge in [0.1, 0.15) is 0 Å². The molecule has 0 saturated carbocycles. The van der Waals surface area contributed by atoms with Crippen LogP contribution in [0.4, 0.5) is 5.95 Å². The molecule has 1 aliphatic heterocycles. The summed E-state index contributed by atoms with van der Waals surface area (Å²) >= 11 is 1.55. The Balaban J connectivity index is 1.63. The van der Waals surface area contributed by atoms with Crippen molar-refractivity contribution < 1.29 is 4.79 Å². The molecular formula is C16H21N5O2S. The van der Waals surface area contributed by atoms with Gasteiger partial charge < -0.3 is 10.6 Å². The Morgan fingerprint density at radius 2 is 2.33 bits per heavy atom. The number of aromatic nitrogens is 2. The normalized spacial score (nSPS) is 17.6. The van der Waals surface area contributed by atoms with E-state index in [0.717, 1.165) is 24.1 Å². The maximum Gasteiger partial charge on any atom is 0.255 e. The number of thiophene rings is 1. The van der Waals surface area contributed by atoms with Gasteiger partial charge >= 0.3 is 0 Å². The Morgan fingerprint density at radius 3 is 3.00 bits per heavy atom. The van der Waals surface area contributed by atoms with Gasteiger partial charge in [0.15, 0.2) is 0 Å². The van der Waals surface area contributed by atoms with Gasteiger partial charge in [0.2, 0.25) is 5.95 Å². The van der Waals surface area contributed by atoms with Crippen molar-refractivity contribution in [2.75, 3.05) is 25.9 Å². The molecule has 128 valence electrons. The van der Waals surface area contributed by atoms with Crippen LogP contribution in [0.1, 0.15) is 28.0 Å². The molecule has 0 unspecified atom stereocenters. The quantitative estimate of drug-likeness (QED) is 0.862. The fraction of sp³-hybridized carbons (Fsp3) is 0.438. The highest BCUT2D eigenvalue weighted by Crippen LogP contribution is 2.21. The molecular weight excluding hydrogens is 326 g/mol. The molecule has 1 amide bonds. The third-order valence-corrected chi connectivity index (χ3v) is 5.25. The number of carbonyl (C=O) groups is 1. The van der Waals surface area contributed by atoms with E-state index in [2.05, 4.69) is 14.9 Å². The highest BCUT2D eigenvalue weighted by atomic mass is 32.1. The average Bonchev–Trinajstić information content (AvgIpc) is 3.14. The molecule has 1 atom stereocenters. The molecule has 3 N–H and O–H groups in total. The first-order chi connectivity index (χ1) is 11.4. The zero-order valence-electron chi connectivity index (χ0n) is 13.8. The van der Waals surface area contributed by atoms with E-state index in [9.17, 15) is 9.59 Å². The number of likely N-dealkylation sites (tertiary alicyclic amines) is 1. The minimum Gasteiger partial charge on any atom is -0.369 e. The summed E-state index contributed by atoms with van der Waals surface area (Å²) in [6.45, 7) is 3.92. The topological polar surface area (TPSA) is 95.3 Å². The van der Waals surface area contributed by atoms with Crippen LogP contribution >= 0.6 is 11.3 Å². The Kier molecular flexibility index (Phi) is 4.68. The lowest BCUT2D eigenvalue weighted by atomic mass is 10.2. The first-order valence-electron chi connectivity index (χ1n) is 7.82. The van der Waals surface area contributed by atoms with Gasteiger partial charge in [-0.15, -0.1) is 0 Å². The summed E-state index contributed by atoms with van der Waals surface area (Å²) in [5.41, 5.74) is 7.80. The van der Waals surface area contributed by atoms with E-state index in [1.54, 1.807) is 11.3 Å². The van der Waals surface area contributed by atoms with Gasteiger partial charge in [-0.05, 0) is 31.3 Å². The zero-order chi connectivity index (χ0) is 17.3. The number of carbonyl (C=O) groups excluding carboxylic acids is 1. The second-order valence-electron chi connectivity index (χ2n) is 6.20. The minimum absolute atomic E-state index is 0.100. The standard InChI is InChI=1S/C16H21N5O2S/c1-10-8-24-9-13(10)15(23)21-4-3-12(7-21)20(2)6-11-5-14(22)19-16(17)18-11/h5,8-9,12H,3-4,6-7H2,1-2H3,(H3,17,18,19,22)/t12-/m1/s1. The van der Waals surface area contributed by atoms with Crippen LogP contribution < -0.4 is 11.3 Å². The molecule has 1 aliphatic rings. The van der Waals surface area contributed by atoms with Gasteiger partial charge in [0.05, 0.1) is 11.3 Å². The molecule has 2 aromatic heterocycles. The van der Waals surface area contributed by atoms with Crippen LogP contribution in [0.3, 0.4) is 0 Å². The van der Waals surface area contributed by atoms with E-state index in [0.29, 0.717) is 18.8 Å². The number of nitrogens with one attached hydrogen (secondary N) is 1. The van der Waals surface area contributed by atoms with E-state index >= 15 is 0 Å². The molecule has 3 heterocycles. The smallest absolute Gasteiger partial charge is 0.255 e. The number of anilines is 1. The average molecular weight is 347 g/mol. The van der Waals surface area contributed by atoms with E-state index in [1.165, 1.54) is 6.07 Å². The number of rotatable bonds is 4. The number of likely N-dealkylation sites (N-methyl/N-ethyl adjacent to an activating group) is 1. The van der Waals surface area contributed by atoms with E-state index in [1.807, 2.05) is 29.6 Å². The van der Waals surface area contributed by atoms with Crippen molar-refractivity contribution in [1.82, 2.24) is 19.8 Å². The van der Waals surface area contributed by atoms with Crippen LogP contribution in [-0.2, 0) is 6.54 Å². The number of amides is 1. The number of aryl methyl sites for hydroxylation is 1. The van der Waals surface area contributed by atoms with Crippen molar-refractivity contribution in [3.63, 3.8) is 0 Å². The van der Waals surface area contributed by atoms with Gasteiger partial charge in [-0.25, -0.2) is 4.98 Å². The van der Waals surface area contributed by atoms with Gasteiger partial charge in [0.25, 0.3) is 11.5 Å². The van der Waals surface area contributed by atoms with Crippen molar-refractivity contribution in [2.45, 2.75) is 25.9 Å². The molecule has 8 heteroatoms. The largest absolute Gasteiger partial charge is 0.369 e. The maximum atomic E-state index is 12.6. The lowest BCUT2D eigenvalue weighted by molar-refractivity contribution is 0.0779. The predicted octanol–water partition coefficient (Wildman–Crippen LogP) is 1.07. The van der Waals surface area contributed by atoms with Gasteiger partial charge in [-0.1, -0.05) is 0 Å². The van der Waals surface area contributed by atoms with Crippen molar-refractivity contribution in [1.29, 1.82) is 0 Å². The Bertz CT molecular complexity index is 800. The maximum absolute atomic E-state index is 12.6. The minimum atomic E-state index is -0.248. The number of nitrogens with two attached hydrogens (primary N) is 1. The molecule has 24 heavy (non-hydrogen) atoms. The molecule has 3 rings (SSSR count). The van der Waals surface area contributed by atoms with Crippen LogP contribution in [0.25, 0.3) is 0 Å². The molecule has 0 bridgehead atoms. The summed E-state index contributed by atoms with van der Waals surface area (Å²) < 4.78 is 0. The third kappa shape index (κ3) is 3.49. The van der Waals surface area contributed by atoms with Gasteiger partial charge in [-0.3, -0.25) is 19.5 Å². The first kappa shape index (κ1) is 16.7. The Morgan fingerprint density at radius 1 is 1.54 bits per heavy atom. The van der Waals surface area contributed by atoms with Gasteiger partial charge in [0, 0.05) is 37.1 Å². The lowest BCUT2D eigenvalue weighted by Crippen LogP contribution is -2.36. The Hall–Kier alpha value is -2.19. The first-order valence-corrected chi connectivity index (χ1v) is 8.76. The van der Waals surface area contributed by atoms with Crippen molar-refractivity contribution in [3.8, 4) is 0 Å². The Labute approximate surface area is 144 Å². The fourth-order valence-electron chi connectivity index (χ4n) is 3.03. The van der Waals surface area contributed by atoms with Gasteiger partial charge in [-0.2, -0.15) is 11.3 Å². The number of H-pyrrole nitrogens is 1. The summed E-state index contributed by atoms with van der Waals surface area (Å²) in [5.74, 6) is 0.227. The van der Waals surface area contributed by atoms with Crippen molar-refractivity contribution in [3.05, 3.63) is 44.0 Å². The van der Waals surface area contributed by atoms with E-state index in [-0.39, 0.29) is 23.5 Å². The van der Waals surface area contributed by atoms with E-state index < -0.39 is 0 Å². The van der Waals surface area contributed by atoms with Crippen LogP contribution in [0.5, 0.6) is 0 Å². The zero-order valence-corrected chi connectivity index (χ0v) is 14.6. The summed E-state index contributed by atoms with van der Waals surface area (Å²) in [6.07, 6.45) is 0.907. The number of nitrogen functional groups attached to an aromatic ring is 1. The van der Waals surface area contributed by atoms with Crippen molar-refractivity contribution >= 4 is 23.2 Å². The summed E-state index contributed by atoms with van der Waals surface area (Å²) in [6, 6.07) is 1.70. The number of aromatic amines is 1. The second-order valence-corrected chi connectivity index (χ2v) is 6.94. The molecule has 0 aromatic carbocycles. The summed E-state index contributed by atoms with van der Waals surface area (Å²) in [7, 11) is 1.98.